The molecule has 0 radical (unpaired) electrons. The third-order valence-electron chi connectivity index (χ3n) is 5.23. The molecule has 9 nitrogen and oxygen atoms in total. The van der Waals surface area contributed by atoms with E-state index < -0.39 is 11.9 Å². The monoisotopic (exact) mass is 493 g/mol. The third-order valence-corrected chi connectivity index (χ3v) is 6.11. The van der Waals surface area contributed by atoms with E-state index in [-0.39, 0.29) is 18.7 Å². The number of carbonyl (C=O) groups is 2. The number of anilines is 1. The van der Waals surface area contributed by atoms with E-state index in [1.807, 2.05) is 11.4 Å². The van der Waals surface area contributed by atoms with Crippen LogP contribution < -0.4 is 20.3 Å². The van der Waals surface area contributed by atoms with Gasteiger partial charge in [-0.15, -0.1) is 11.3 Å². The summed E-state index contributed by atoms with van der Waals surface area (Å²) in [7, 11) is 3.10. The Labute approximate surface area is 204 Å². The lowest BCUT2D eigenvalue weighted by Gasteiger charge is -2.10. The molecule has 10 heteroatoms. The van der Waals surface area contributed by atoms with E-state index in [2.05, 4.69) is 10.3 Å². The molecule has 1 N–H and O–H groups in total. The molecule has 0 saturated carbocycles. The number of rotatable bonds is 8. The summed E-state index contributed by atoms with van der Waals surface area (Å²) >= 11 is 1.34. The summed E-state index contributed by atoms with van der Waals surface area (Å²) < 4.78 is 16.9. The van der Waals surface area contributed by atoms with E-state index in [9.17, 15) is 14.4 Å². The van der Waals surface area contributed by atoms with Crippen molar-refractivity contribution in [1.29, 1.82) is 0 Å². The molecule has 0 unspecified atom stereocenters. The van der Waals surface area contributed by atoms with Gasteiger partial charge in [0.2, 0.25) is 5.91 Å². The molecule has 2 aromatic carbocycles. The van der Waals surface area contributed by atoms with Crippen molar-refractivity contribution in [2.75, 3.05) is 26.1 Å². The molecule has 180 valence electrons. The number of aromatic nitrogens is 2. The van der Waals surface area contributed by atoms with E-state index in [4.69, 9.17) is 14.2 Å². The van der Waals surface area contributed by atoms with Crippen LogP contribution in [0.15, 0.2) is 59.0 Å². The van der Waals surface area contributed by atoms with Gasteiger partial charge in [-0.3, -0.25) is 14.2 Å². The number of methoxy groups -OCH3 is 2. The minimum Gasteiger partial charge on any atom is -0.493 e. The van der Waals surface area contributed by atoms with Crippen molar-refractivity contribution >= 4 is 39.1 Å². The molecule has 4 rings (SSSR count). The first-order chi connectivity index (χ1) is 16.9. The molecule has 0 bridgehead atoms. The van der Waals surface area contributed by atoms with Crippen LogP contribution in [0.1, 0.15) is 17.3 Å². The van der Waals surface area contributed by atoms with Crippen LogP contribution in [-0.2, 0) is 16.1 Å². The van der Waals surface area contributed by atoms with Gasteiger partial charge in [0.05, 0.1) is 38.1 Å². The van der Waals surface area contributed by atoms with Gasteiger partial charge in [-0.25, -0.2) is 9.78 Å². The van der Waals surface area contributed by atoms with Crippen LogP contribution in [0.25, 0.3) is 21.3 Å². The van der Waals surface area contributed by atoms with Gasteiger partial charge in [0.25, 0.3) is 5.56 Å². The fourth-order valence-electron chi connectivity index (χ4n) is 3.59. The van der Waals surface area contributed by atoms with Crippen LogP contribution in [0.3, 0.4) is 0 Å². The number of hydrogen-bond acceptors (Lipinski definition) is 8. The van der Waals surface area contributed by atoms with E-state index in [1.165, 1.54) is 28.3 Å². The molecule has 2 aromatic heterocycles. The standard InChI is InChI=1S/C25H23N3O6S/c1-4-34-25(31)16-6-5-7-17(10-16)27-21(29)12-28-14-26-23-22(24(28)30)18(13-35-23)15-8-9-19(32-2)20(11-15)33-3/h5-11,13-14H,4,12H2,1-3H3,(H,27,29). The van der Waals surface area contributed by atoms with Crippen molar-refractivity contribution in [1.82, 2.24) is 9.55 Å². The number of benzene rings is 2. The Morgan fingerprint density at radius 1 is 1.09 bits per heavy atom. The van der Waals surface area contributed by atoms with Crippen molar-refractivity contribution < 1.29 is 23.8 Å². The maximum Gasteiger partial charge on any atom is 0.338 e. The summed E-state index contributed by atoms with van der Waals surface area (Å²) in [6, 6.07) is 11.8. The van der Waals surface area contributed by atoms with Crippen LogP contribution in [0, 0.1) is 0 Å². The quantitative estimate of drug-likeness (QED) is 0.370. The Morgan fingerprint density at radius 2 is 1.89 bits per heavy atom. The zero-order valence-electron chi connectivity index (χ0n) is 19.4. The lowest BCUT2D eigenvalue weighted by Crippen LogP contribution is -2.27. The highest BCUT2D eigenvalue weighted by molar-refractivity contribution is 7.17. The molecule has 4 aromatic rings. The van der Waals surface area contributed by atoms with Crippen LogP contribution in [-0.4, -0.2) is 42.3 Å². The number of ether oxygens (including phenoxy) is 3. The summed E-state index contributed by atoms with van der Waals surface area (Å²) in [5.41, 5.74) is 1.87. The van der Waals surface area contributed by atoms with Gasteiger partial charge >= 0.3 is 5.97 Å². The zero-order valence-corrected chi connectivity index (χ0v) is 20.2. The minimum atomic E-state index is -0.477. The number of carbonyl (C=O) groups excluding carboxylic acids is 2. The predicted octanol–water partition coefficient (Wildman–Crippen LogP) is 3.96. The largest absolute Gasteiger partial charge is 0.493 e. The highest BCUT2D eigenvalue weighted by Gasteiger charge is 2.17. The lowest BCUT2D eigenvalue weighted by atomic mass is 10.1. The number of amides is 1. The van der Waals surface area contributed by atoms with Gasteiger partial charge < -0.3 is 19.5 Å². The van der Waals surface area contributed by atoms with Gasteiger partial charge in [0.1, 0.15) is 11.4 Å². The van der Waals surface area contributed by atoms with Crippen molar-refractivity contribution in [3.8, 4) is 22.6 Å². The predicted molar refractivity (Wildman–Crippen MR) is 133 cm³/mol. The van der Waals surface area contributed by atoms with E-state index in [0.717, 1.165) is 5.56 Å². The second kappa shape index (κ2) is 10.4. The second-order valence-corrected chi connectivity index (χ2v) is 8.28. The Bertz CT molecular complexity index is 1460. The smallest absolute Gasteiger partial charge is 0.338 e. The first-order valence-electron chi connectivity index (χ1n) is 10.7. The lowest BCUT2D eigenvalue weighted by molar-refractivity contribution is -0.116. The Morgan fingerprint density at radius 3 is 2.63 bits per heavy atom. The molecule has 2 heterocycles. The van der Waals surface area contributed by atoms with Gasteiger partial charge in [-0.05, 0) is 42.8 Å². The zero-order chi connectivity index (χ0) is 24.9. The van der Waals surface area contributed by atoms with Crippen LogP contribution in [0.4, 0.5) is 5.69 Å². The number of thiophene rings is 1. The molecular weight excluding hydrogens is 470 g/mol. The topological polar surface area (TPSA) is 109 Å². The third kappa shape index (κ3) is 5.02. The van der Waals surface area contributed by atoms with Crippen molar-refractivity contribution in [2.24, 2.45) is 0 Å². The van der Waals surface area contributed by atoms with Crippen LogP contribution in [0.2, 0.25) is 0 Å². The molecule has 0 saturated heterocycles. The number of nitrogens with zero attached hydrogens (tertiary/aromatic N) is 2. The molecule has 0 fully saturated rings. The molecule has 0 aliphatic rings. The number of esters is 1. The molecule has 0 aliphatic heterocycles. The summed E-state index contributed by atoms with van der Waals surface area (Å²) in [5.74, 6) is 0.208. The fourth-order valence-corrected chi connectivity index (χ4v) is 4.50. The van der Waals surface area contributed by atoms with E-state index in [1.54, 1.807) is 51.5 Å². The molecule has 0 spiro atoms. The van der Waals surface area contributed by atoms with Crippen LogP contribution in [0.5, 0.6) is 11.5 Å². The SMILES string of the molecule is CCOC(=O)c1cccc(NC(=O)Cn2cnc3scc(-c4ccc(OC)c(OC)c4)c3c2=O)c1. The van der Waals surface area contributed by atoms with Crippen molar-refractivity contribution in [3.63, 3.8) is 0 Å². The molecule has 0 aliphatic carbocycles. The molecule has 0 atom stereocenters. The Balaban J connectivity index is 1.60. The summed E-state index contributed by atoms with van der Waals surface area (Å²) in [4.78, 5) is 42.9. The number of hydrogen-bond donors (Lipinski definition) is 1. The van der Waals surface area contributed by atoms with E-state index >= 15 is 0 Å². The molecule has 35 heavy (non-hydrogen) atoms. The van der Waals surface area contributed by atoms with Crippen LogP contribution >= 0.6 is 11.3 Å². The average Bonchev–Trinajstić information content (AvgIpc) is 3.30. The average molecular weight is 494 g/mol. The summed E-state index contributed by atoms with van der Waals surface area (Å²) in [6.45, 7) is 1.73. The van der Waals surface area contributed by atoms with Crippen molar-refractivity contribution in [3.05, 3.63) is 70.1 Å². The summed E-state index contributed by atoms with van der Waals surface area (Å²) in [5, 5.41) is 4.98. The second-order valence-electron chi connectivity index (χ2n) is 7.43. The fraction of sp³-hybridized carbons (Fsp3) is 0.200. The first kappa shape index (κ1) is 24.0. The molecular formula is C25H23N3O6S. The Kier molecular flexibility index (Phi) is 7.11. The Hall–Kier alpha value is -4.18. The van der Waals surface area contributed by atoms with Gasteiger partial charge in [-0.2, -0.15) is 0 Å². The highest BCUT2D eigenvalue weighted by Crippen LogP contribution is 2.36. The van der Waals surface area contributed by atoms with E-state index in [0.29, 0.717) is 38.5 Å². The minimum absolute atomic E-state index is 0.243. The molecule has 1 amide bonds. The highest BCUT2D eigenvalue weighted by atomic mass is 32.1. The van der Waals surface area contributed by atoms with Gasteiger partial charge in [0, 0.05) is 16.6 Å². The first-order valence-corrected chi connectivity index (χ1v) is 11.6. The number of nitrogens with one attached hydrogen (secondary N) is 1. The maximum absolute atomic E-state index is 13.3. The maximum atomic E-state index is 13.3. The van der Waals surface area contributed by atoms with Gasteiger partial charge in [-0.1, -0.05) is 12.1 Å². The van der Waals surface area contributed by atoms with Crippen molar-refractivity contribution in [2.45, 2.75) is 13.5 Å². The summed E-state index contributed by atoms with van der Waals surface area (Å²) in [6.07, 6.45) is 1.36. The van der Waals surface area contributed by atoms with Gasteiger partial charge in [0.15, 0.2) is 11.5 Å². The number of fused-ring (bicyclic) bond motifs is 1. The normalized spacial score (nSPS) is 10.7.